The van der Waals surface area contributed by atoms with Crippen molar-refractivity contribution in [2.45, 2.75) is 25.3 Å². The van der Waals surface area contributed by atoms with Crippen LogP contribution < -0.4 is 5.43 Å². The average Bonchev–Trinajstić information content (AvgIpc) is 2.82. The van der Waals surface area contributed by atoms with Crippen molar-refractivity contribution in [2.75, 3.05) is 5.43 Å². The van der Waals surface area contributed by atoms with Gasteiger partial charge in [0, 0.05) is 12.4 Å². The zero-order valence-electron chi connectivity index (χ0n) is 9.63. The fourth-order valence-electron chi connectivity index (χ4n) is 2.54. The summed E-state index contributed by atoms with van der Waals surface area (Å²) in [5.41, 5.74) is 6.04. The summed E-state index contributed by atoms with van der Waals surface area (Å²) in [6.07, 6.45) is 7.38. The predicted octanol–water partition coefficient (Wildman–Crippen LogP) is 2.81. The van der Waals surface area contributed by atoms with Gasteiger partial charge in [-0.15, -0.1) is 0 Å². The highest BCUT2D eigenvalue weighted by atomic mass is 16.3. The molecule has 1 heterocycles. The number of phenolic OH excluding ortho intramolecular Hbond substituents is 1. The van der Waals surface area contributed by atoms with Crippen molar-refractivity contribution < 1.29 is 5.11 Å². The van der Waals surface area contributed by atoms with Crippen LogP contribution in [0, 0.1) is 0 Å². The lowest BCUT2D eigenvalue weighted by Crippen LogP contribution is -2.23. The molecule has 2 N–H and O–H groups in total. The Kier molecular flexibility index (Phi) is 2.52. The summed E-state index contributed by atoms with van der Waals surface area (Å²) in [6.45, 7) is 0. The number of benzene rings is 1. The number of aromatic hydroxyl groups is 1. The lowest BCUT2D eigenvalue weighted by atomic mass is 9.88. The highest BCUT2D eigenvalue weighted by Gasteiger charge is 2.20. The van der Waals surface area contributed by atoms with Gasteiger partial charge < -0.3 is 10.5 Å². The van der Waals surface area contributed by atoms with Gasteiger partial charge in [-0.2, -0.15) is 0 Å². The maximum Gasteiger partial charge on any atom is 0.115 e. The zero-order valence-corrected chi connectivity index (χ0v) is 9.63. The summed E-state index contributed by atoms with van der Waals surface area (Å²) in [7, 11) is 0. The molecule has 1 unspecified atom stereocenters. The lowest BCUT2D eigenvalue weighted by Gasteiger charge is -2.27. The maximum absolute atomic E-state index is 9.51. The largest absolute Gasteiger partial charge is 0.508 e. The molecule has 3 nitrogen and oxygen atoms in total. The highest BCUT2D eigenvalue weighted by molar-refractivity contribution is 5.39. The third-order valence-electron chi connectivity index (χ3n) is 3.35. The van der Waals surface area contributed by atoms with E-state index in [-0.39, 0.29) is 0 Å². The maximum atomic E-state index is 9.51. The van der Waals surface area contributed by atoms with Crippen molar-refractivity contribution in [3.05, 3.63) is 53.9 Å². The molecule has 1 atom stereocenters. The van der Waals surface area contributed by atoms with E-state index in [1.807, 2.05) is 41.3 Å². The minimum absolute atomic E-state index is 0.340. The average molecular weight is 228 g/mol. The van der Waals surface area contributed by atoms with Gasteiger partial charge in [-0.25, -0.2) is 0 Å². The molecule has 0 saturated carbocycles. The Labute approximate surface area is 101 Å². The van der Waals surface area contributed by atoms with Crippen LogP contribution in [0.3, 0.4) is 0 Å². The Bertz CT molecular complexity index is 505. The first-order chi connectivity index (χ1) is 8.33. The SMILES string of the molecule is Oc1ccc2c(c1)CCCC2Nn1cccc1. The van der Waals surface area contributed by atoms with E-state index in [1.54, 1.807) is 6.07 Å². The molecule has 1 aromatic carbocycles. The second kappa shape index (κ2) is 4.17. The summed E-state index contributed by atoms with van der Waals surface area (Å²) in [4.78, 5) is 0. The number of rotatable bonds is 2. The Morgan fingerprint density at radius 2 is 2.06 bits per heavy atom. The number of aryl methyl sites for hydroxylation is 1. The van der Waals surface area contributed by atoms with Crippen LogP contribution in [0.2, 0.25) is 0 Å². The normalized spacial score (nSPS) is 18.7. The van der Waals surface area contributed by atoms with Gasteiger partial charge in [0.25, 0.3) is 0 Å². The molecule has 1 aromatic heterocycles. The molecule has 3 heteroatoms. The number of hydrogen-bond acceptors (Lipinski definition) is 2. The van der Waals surface area contributed by atoms with E-state index in [1.165, 1.54) is 11.1 Å². The van der Waals surface area contributed by atoms with E-state index in [0.717, 1.165) is 19.3 Å². The van der Waals surface area contributed by atoms with Crippen molar-refractivity contribution in [1.82, 2.24) is 4.68 Å². The summed E-state index contributed by atoms with van der Waals surface area (Å²) in [5, 5.41) is 9.51. The first kappa shape index (κ1) is 10.3. The molecule has 17 heavy (non-hydrogen) atoms. The second-order valence-electron chi connectivity index (χ2n) is 4.55. The molecule has 0 bridgehead atoms. The molecule has 2 aromatic rings. The number of fused-ring (bicyclic) bond motifs is 1. The number of hydrogen-bond donors (Lipinski definition) is 2. The van der Waals surface area contributed by atoms with Crippen LogP contribution in [-0.4, -0.2) is 9.78 Å². The van der Waals surface area contributed by atoms with Gasteiger partial charge >= 0.3 is 0 Å². The lowest BCUT2D eigenvalue weighted by molar-refractivity contribution is 0.471. The van der Waals surface area contributed by atoms with Crippen molar-refractivity contribution in [3.8, 4) is 5.75 Å². The zero-order chi connectivity index (χ0) is 11.7. The van der Waals surface area contributed by atoms with Crippen molar-refractivity contribution in [3.63, 3.8) is 0 Å². The molecule has 0 fully saturated rings. The van der Waals surface area contributed by atoms with Gasteiger partial charge in [-0.3, -0.25) is 4.68 Å². The fraction of sp³-hybridized carbons (Fsp3) is 0.286. The smallest absolute Gasteiger partial charge is 0.115 e. The molecule has 0 saturated heterocycles. The third kappa shape index (κ3) is 2.00. The van der Waals surface area contributed by atoms with Gasteiger partial charge in [0.1, 0.15) is 5.75 Å². The van der Waals surface area contributed by atoms with E-state index >= 15 is 0 Å². The van der Waals surface area contributed by atoms with Crippen LogP contribution in [0.1, 0.15) is 30.0 Å². The predicted molar refractivity (Wildman–Crippen MR) is 67.6 cm³/mol. The van der Waals surface area contributed by atoms with Crippen LogP contribution in [0.5, 0.6) is 5.75 Å². The van der Waals surface area contributed by atoms with Crippen LogP contribution in [-0.2, 0) is 6.42 Å². The number of phenols is 1. The quantitative estimate of drug-likeness (QED) is 0.829. The van der Waals surface area contributed by atoms with E-state index in [0.29, 0.717) is 11.8 Å². The van der Waals surface area contributed by atoms with E-state index in [4.69, 9.17) is 0 Å². The Morgan fingerprint density at radius 3 is 2.88 bits per heavy atom. The molecule has 0 amide bonds. The van der Waals surface area contributed by atoms with Crippen LogP contribution in [0.15, 0.2) is 42.7 Å². The standard InChI is InChI=1S/C14H16N2O/c17-12-6-7-13-11(10-12)4-3-5-14(13)15-16-8-1-2-9-16/h1-2,6-10,14-15,17H,3-5H2. The minimum atomic E-state index is 0.340. The van der Waals surface area contributed by atoms with Gasteiger partial charge in [0.2, 0.25) is 0 Å². The number of nitrogens with one attached hydrogen (secondary N) is 1. The highest BCUT2D eigenvalue weighted by Crippen LogP contribution is 2.32. The summed E-state index contributed by atoms with van der Waals surface area (Å²) in [5.74, 6) is 0.366. The van der Waals surface area contributed by atoms with Crippen molar-refractivity contribution in [1.29, 1.82) is 0 Å². The second-order valence-corrected chi connectivity index (χ2v) is 4.55. The number of nitrogens with zero attached hydrogens (tertiary/aromatic N) is 1. The molecular formula is C14H16N2O. The van der Waals surface area contributed by atoms with Crippen molar-refractivity contribution >= 4 is 0 Å². The van der Waals surface area contributed by atoms with E-state index < -0.39 is 0 Å². The molecule has 1 aliphatic carbocycles. The third-order valence-corrected chi connectivity index (χ3v) is 3.35. The topological polar surface area (TPSA) is 37.2 Å². The molecule has 0 radical (unpaired) electrons. The fourth-order valence-corrected chi connectivity index (χ4v) is 2.54. The first-order valence-electron chi connectivity index (χ1n) is 6.04. The van der Waals surface area contributed by atoms with Crippen LogP contribution >= 0.6 is 0 Å². The Balaban J connectivity index is 1.89. The summed E-state index contributed by atoms with van der Waals surface area (Å²) in [6, 6.07) is 10.0. The monoisotopic (exact) mass is 228 g/mol. The molecule has 1 aliphatic rings. The van der Waals surface area contributed by atoms with E-state index in [2.05, 4.69) is 5.43 Å². The van der Waals surface area contributed by atoms with Crippen LogP contribution in [0.4, 0.5) is 0 Å². The molecule has 88 valence electrons. The first-order valence-corrected chi connectivity index (χ1v) is 6.04. The van der Waals surface area contributed by atoms with Gasteiger partial charge in [-0.1, -0.05) is 6.07 Å². The Morgan fingerprint density at radius 1 is 1.24 bits per heavy atom. The minimum Gasteiger partial charge on any atom is -0.508 e. The van der Waals surface area contributed by atoms with Crippen LogP contribution in [0.25, 0.3) is 0 Å². The molecule has 0 aliphatic heterocycles. The summed E-state index contributed by atoms with van der Waals surface area (Å²) >= 11 is 0. The van der Waals surface area contributed by atoms with Gasteiger partial charge in [0.05, 0.1) is 6.04 Å². The molecule has 3 rings (SSSR count). The van der Waals surface area contributed by atoms with Crippen molar-refractivity contribution in [2.24, 2.45) is 0 Å². The number of aromatic nitrogens is 1. The Hall–Kier alpha value is -1.90. The molecular weight excluding hydrogens is 212 g/mol. The summed E-state index contributed by atoms with van der Waals surface area (Å²) < 4.78 is 1.99. The van der Waals surface area contributed by atoms with Gasteiger partial charge in [-0.05, 0) is 54.7 Å². The van der Waals surface area contributed by atoms with E-state index in [9.17, 15) is 5.11 Å². The van der Waals surface area contributed by atoms with Gasteiger partial charge in [0.15, 0.2) is 0 Å². The molecule has 0 spiro atoms.